The standard InChI is InChI=1S/C23H21FN4OS/c1-14-4-5-15(2)18(10-14)27-21(29)12-28(3)23-22-19(25-13-26-23)11-20(30-22)16-6-8-17(24)9-7-16/h4-11,13H,12H2,1-3H3,(H,27,29). The molecule has 4 aromatic rings. The van der Waals surface area contributed by atoms with Crippen molar-refractivity contribution in [3.63, 3.8) is 0 Å². The van der Waals surface area contributed by atoms with Crippen LogP contribution in [0.2, 0.25) is 0 Å². The van der Waals surface area contributed by atoms with E-state index in [0.29, 0.717) is 5.82 Å². The second kappa shape index (κ2) is 8.20. The lowest BCUT2D eigenvalue weighted by molar-refractivity contribution is -0.114. The number of benzene rings is 2. The summed E-state index contributed by atoms with van der Waals surface area (Å²) < 4.78 is 14.1. The number of aromatic nitrogens is 2. The van der Waals surface area contributed by atoms with Gasteiger partial charge in [0.1, 0.15) is 18.0 Å². The molecule has 4 rings (SSSR count). The fraction of sp³-hybridized carbons (Fsp3) is 0.174. The van der Waals surface area contributed by atoms with E-state index in [1.54, 1.807) is 12.1 Å². The van der Waals surface area contributed by atoms with E-state index in [1.165, 1.54) is 29.8 Å². The molecule has 2 aromatic carbocycles. The van der Waals surface area contributed by atoms with Crippen LogP contribution < -0.4 is 10.2 Å². The summed E-state index contributed by atoms with van der Waals surface area (Å²) >= 11 is 1.53. The van der Waals surface area contributed by atoms with Crippen molar-refractivity contribution < 1.29 is 9.18 Å². The number of aryl methyl sites for hydroxylation is 2. The highest BCUT2D eigenvalue weighted by Gasteiger charge is 2.16. The Morgan fingerprint density at radius 3 is 2.63 bits per heavy atom. The van der Waals surface area contributed by atoms with Gasteiger partial charge in [0.2, 0.25) is 5.91 Å². The zero-order valence-corrected chi connectivity index (χ0v) is 17.8. The molecule has 0 aliphatic heterocycles. The summed E-state index contributed by atoms with van der Waals surface area (Å²) in [6.45, 7) is 4.12. The van der Waals surface area contributed by atoms with Crippen LogP contribution in [0.1, 0.15) is 11.1 Å². The van der Waals surface area contributed by atoms with E-state index >= 15 is 0 Å². The summed E-state index contributed by atoms with van der Waals surface area (Å²) in [5.41, 5.74) is 4.64. The zero-order chi connectivity index (χ0) is 21.3. The van der Waals surface area contributed by atoms with Crippen molar-refractivity contribution in [2.45, 2.75) is 13.8 Å². The first-order valence-corrected chi connectivity index (χ1v) is 10.3. The number of hydrogen-bond acceptors (Lipinski definition) is 5. The maximum Gasteiger partial charge on any atom is 0.243 e. The first kappa shape index (κ1) is 20.0. The summed E-state index contributed by atoms with van der Waals surface area (Å²) in [5, 5.41) is 2.98. The summed E-state index contributed by atoms with van der Waals surface area (Å²) in [5.74, 6) is 0.303. The second-order valence-electron chi connectivity index (χ2n) is 7.25. The van der Waals surface area contributed by atoms with E-state index < -0.39 is 0 Å². The Morgan fingerprint density at radius 1 is 1.10 bits per heavy atom. The van der Waals surface area contributed by atoms with Crippen LogP contribution >= 0.6 is 11.3 Å². The van der Waals surface area contributed by atoms with Gasteiger partial charge >= 0.3 is 0 Å². The molecule has 0 saturated heterocycles. The Morgan fingerprint density at radius 2 is 1.87 bits per heavy atom. The molecule has 2 aromatic heterocycles. The van der Waals surface area contributed by atoms with Gasteiger partial charge in [0.05, 0.1) is 16.8 Å². The van der Waals surface area contributed by atoms with Crippen LogP contribution in [0.15, 0.2) is 54.9 Å². The predicted octanol–water partition coefficient (Wildman–Crippen LogP) is 5.19. The van der Waals surface area contributed by atoms with E-state index in [2.05, 4.69) is 15.3 Å². The van der Waals surface area contributed by atoms with E-state index in [9.17, 15) is 9.18 Å². The summed E-state index contributed by atoms with van der Waals surface area (Å²) in [6, 6.07) is 14.3. The topological polar surface area (TPSA) is 58.1 Å². The van der Waals surface area contributed by atoms with Crippen molar-refractivity contribution in [3.8, 4) is 10.4 Å². The van der Waals surface area contributed by atoms with Crippen LogP contribution in [0.3, 0.4) is 0 Å². The molecular weight excluding hydrogens is 399 g/mol. The van der Waals surface area contributed by atoms with Crippen molar-refractivity contribution in [2.75, 3.05) is 23.8 Å². The second-order valence-corrected chi connectivity index (χ2v) is 8.30. The van der Waals surface area contributed by atoms with Crippen LogP contribution in [0.25, 0.3) is 20.7 Å². The Labute approximate surface area is 178 Å². The number of halogens is 1. The maximum absolute atomic E-state index is 13.2. The maximum atomic E-state index is 13.2. The first-order valence-electron chi connectivity index (χ1n) is 9.49. The van der Waals surface area contributed by atoms with Crippen molar-refractivity contribution in [1.29, 1.82) is 0 Å². The lowest BCUT2D eigenvalue weighted by atomic mass is 10.1. The van der Waals surface area contributed by atoms with E-state index in [1.807, 2.05) is 50.1 Å². The number of amides is 1. The van der Waals surface area contributed by atoms with Crippen molar-refractivity contribution in [2.24, 2.45) is 0 Å². The summed E-state index contributed by atoms with van der Waals surface area (Å²) in [6.07, 6.45) is 1.50. The van der Waals surface area contributed by atoms with Gasteiger partial charge in [0, 0.05) is 17.6 Å². The van der Waals surface area contributed by atoms with Crippen molar-refractivity contribution in [1.82, 2.24) is 9.97 Å². The van der Waals surface area contributed by atoms with Crippen LogP contribution in [0.4, 0.5) is 15.9 Å². The average molecular weight is 421 g/mol. The Kier molecular flexibility index (Phi) is 5.46. The normalized spacial score (nSPS) is 10.9. The molecule has 0 aliphatic carbocycles. The SMILES string of the molecule is Cc1ccc(C)c(NC(=O)CN(C)c2ncnc3cc(-c4ccc(F)cc4)sc23)c1. The van der Waals surface area contributed by atoms with Gasteiger partial charge < -0.3 is 10.2 Å². The minimum Gasteiger partial charge on any atom is -0.349 e. The first-order chi connectivity index (χ1) is 14.4. The quantitative estimate of drug-likeness (QED) is 0.483. The Bertz CT molecular complexity index is 1220. The van der Waals surface area contributed by atoms with Crippen LogP contribution in [0.5, 0.6) is 0 Å². The molecule has 0 spiro atoms. The number of hydrogen-bond donors (Lipinski definition) is 1. The van der Waals surface area contributed by atoms with Gasteiger partial charge in [0.15, 0.2) is 0 Å². The number of thiophene rings is 1. The Balaban J connectivity index is 1.57. The minimum atomic E-state index is -0.269. The van der Waals surface area contributed by atoms with E-state index in [-0.39, 0.29) is 18.3 Å². The lowest BCUT2D eigenvalue weighted by Gasteiger charge is -2.18. The average Bonchev–Trinajstić information content (AvgIpc) is 3.15. The molecule has 0 atom stereocenters. The highest BCUT2D eigenvalue weighted by atomic mass is 32.1. The fourth-order valence-corrected chi connectivity index (χ4v) is 4.38. The smallest absolute Gasteiger partial charge is 0.243 e. The summed E-state index contributed by atoms with van der Waals surface area (Å²) in [4.78, 5) is 24.2. The van der Waals surface area contributed by atoms with Crippen LogP contribution in [-0.4, -0.2) is 29.5 Å². The van der Waals surface area contributed by atoms with Crippen molar-refractivity contribution in [3.05, 3.63) is 71.8 Å². The van der Waals surface area contributed by atoms with Crippen molar-refractivity contribution >= 4 is 39.0 Å². The molecule has 2 heterocycles. The number of carbonyl (C=O) groups excluding carboxylic acids is 1. The third-order valence-corrected chi connectivity index (χ3v) is 6.00. The van der Waals surface area contributed by atoms with Gasteiger partial charge in [-0.05, 0) is 54.8 Å². The highest BCUT2D eigenvalue weighted by Crippen LogP contribution is 2.36. The zero-order valence-electron chi connectivity index (χ0n) is 16.9. The van der Waals surface area contributed by atoms with Gasteiger partial charge in [0.25, 0.3) is 0 Å². The third kappa shape index (κ3) is 4.16. The lowest BCUT2D eigenvalue weighted by Crippen LogP contribution is -2.30. The number of likely N-dealkylation sites (N-methyl/N-ethyl adjacent to an activating group) is 1. The van der Waals surface area contributed by atoms with Gasteiger partial charge in [-0.25, -0.2) is 14.4 Å². The largest absolute Gasteiger partial charge is 0.349 e. The minimum absolute atomic E-state index is 0.117. The summed E-state index contributed by atoms with van der Waals surface area (Å²) in [7, 11) is 1.84. The van der Waals surface area contributed by atoms with E-state index in [0.717, 1.165) is 37.5 Å². The van der Waals surface area contributed by atoms with Crippen LogP contribution in [0, 0.1) is 19.7 Å². The molecule has 0 fully saturated rings. The molecule has 0 saturated carbocycles. The fourth-order valence-electron chi connectivity index (χ4n) is 3.22. The molecule has 1 amide bonds. The third-order valence-electron chi connectivity index (χ3n) is 4.83. The Hall–Kier alpha value is -3.32. The predicted molar refractivity (Wildman–Crippen MR) is 121 cm³/mol. The molecule has 5 nitrogen and oxygen atoms in total. The number of nitrogens with one attached hydrogen (secondary N) is 1. The molecule has 30 heavy (non-hydrogen) atoms. The van der Waals surface area contributed by atoms with Crippen LogP contribution in [-0.2, 0) is 4.79 Å². The number of fused-ring (bicyclic) bond motifs is 1. The monoisotopic (exact) mass is 420 g/mol. The number of rotatable bonds is 5. The number of nitrogens with zero attached hydrogens (tertiary/aromatic N) is 3. The van der Waals surface area contributed by atoms with E-state index in [4.69, 9.17) is 0 Å². The highest BCUT2D eigenvalue weighted by molar-refractivity contribution is 7.22. The van der Waals surface area contributed by atoms with Gasteiger partial charge in [-0.1, -0.05) is 24.3 Å². The number of carbonyl (C=O) groups is 1. The molecule has 0 radical (unpaired) electrons. The molecule has 0 bridgehead atoms. The molecule has 0 unspecified atom stereocenters. The van der Waals surface area contributed by atoms with Gasteiger partial charge in [-0.3, -0.25) is 4.79 Å². The molecular formula is C23H21FN4OS. The molecule has 152 valence electrons. The number of anilines is 2. The van der Waals surface area contributed by atoms with Gasteiger partial charge in [-0.2, -0.15) is 0 Å². The molecule has 1 N–H and O–H groups in total. The van der Waals surface area contributed by atoms with Gasteiger partial charge in [-0.15, -0.1) is 11.3 Å². The molecule has 7 heteroatoms. The molecule has 0 aliphatic rings.